The number of nitrogens with zero attached hydrogens (tertiary/aromatic N) is 5. The van der Waals surface area contributed by atoms with E-state index in [2.05, 4.69) is 37.5 Å². The Morgan fingerprint density at radius 1 is 1.20 bits per heavy atom. The number of hydrogen-bond acceptors (Lipinski definition) is 6. The maximum absolute atomic E-state index is 6.20. The van der Waals surface area contributed by atoms with Crippen molar-refractivity contribution < 1.29 is 0 Å². The summed E-state index contributed by atoms with van der Waals surface area (Å²) in [5.41, 5.74) is 14.5. The molecule has 0 aliphatic carbocycles. The average Bonchev–Trinajstić information content (AvgIpc) is 3.09. The Morgan fingerprint density at radius 2 is 2.04 bits per heavy atom. The highest BCUT2D eigenvalue weighted by molar-refractivity contribution is 5.83. The van der Waals surface area contributed by atoms with Gasteiger partial charge in [-0.25, -0.2) is 4.98 Å². The van der Waals surface area contributed by atoms with Crippen LogP contribution in [-0.2, 0) is 19.8 Å². The van der Waals surface area contributed by atoms with Crippen molar-refractivity contribution in [3.05, 3.63) is 47.8 Å². The Balaban J connectivity index is 1.65. The lowest BCUT2D eigenvalue weighted by Gasteiger charge is -2.40. The molecule has 1 fully saturated rings. The SMILES string of the molecule is NCc1ccccc1CN1Cn2ccnc2N=C1N1CCCC(N)C1. The van der Waals surface area contributed by atoms with Gasteiger partial charge in [-0.3, -0.25) is 4.57 Å². The highest BCUT2D eigenvalue weighted by atomic mass is 15.5. The monoisotopic (exact) mass is 339 g/mol. The summed E-state index contributed by atoms with van der Waals surface area (Å²) in [7, 11) is 0. The Bertz CT molecular complexity index is 766. The fourth-order valence-corrected chi connectivity index (χ4v) is 3.63. The zero-order valence-electron chi connectivity index (χ0n) is 14.4. The van der Waals surface area contributed by atoms with Crippen LogP contribution in [0.15, 0.2) is 41.7 Å². The van der Waals surface area contributed by atoms with E-state index < -0.39 is 0 Å². The highest BCUT2D eigenvalue weighted by Crippen LogP contribution is 2.23. The molecule has 1 unspecified atom stereocenters. The summed E-state index contributed by atoms with van der Waals surface area (Å²) in [5, 5.41) is 0. The van der Waals surface area contributed by atoms with E-state index in [4.69, 9.17) is 16.5 Å². The molecule has 2 aliphatic heterocycles. The normalized spacial score (nSPS) is 20.4. The lowest BCUT2D eigenvalue weighted by atomic mass is 10.1. The molecule has 4 rings (SSSR count). The van der Waals surface area contributed by atoms with E-state index in [1.54, 1.807) is 6.20 Å². The van der Waals surface area contributed by atoms with E-state index in [1.165, 1.54) is 11.1 Å². The van der Waals surface area contributed by atoms with Gasteiger partial charge in [0.1, 0.15) is 6.67 Å². The first-order valence-electron chi connectivity index (χ1n) is 8.87. The fraction of sp³-hybridized carbons (Fsp3) is 0.444. The van der Waals surface area contributed by atoms with Crippen LogP contribution < -0.4 is 11.5 Å². The minimum Gasteiger partial charge on any atom is -0.341 e. The number of guanidine groups is 1. The van der Waals surface area contributed by atoms with Crippen molar-refractivity contribution in [2.45, 2.75) is 38.6 Å². The van der Waals surface area contributed by atoms with Gasteiger partial charge in [-0.05, 0) is 24.0 Å². The first-order chi connectivity index (χ1) is 12.2. The summed E-state index contributed by atoms with van der Waals surface area (Å²) in [6.45, 7) is 3.88. The van der Waals surface area contributed by atoms with Gasteiger partial charge in [-0.1, -0.05) is 24.3 Å². The molecule has 0 amide bonds. The van der Waals surface area contributed by atoms with Gasteiger partial charge in [-0.2, -0.15) is 4.99 Å². The van der Waals surface area contributed by atoms with E-state index in [9.17, 15) is 0 Å². The van der Waals surface area contributed by atoms with Crippen LogP contribution in [0.4, 0.5) is 5.95 Å². The van der Waals surface area contributed by atoms with Gasteiger partial charge in [-0.15, -0.1) is 0 Å². The second-order valence-corrected chi connectivity index (χ2v) is 6.77. The lowest BCUT2D eigenvalue weighted by molar-refractivity contribution is 0.229. The Hall–Kier alpha value is -2.38. The number of hydrogen-bond donors (Lipinski definition) is 2. The minimum absolute atomic E-state index is 0.205. The topological polar surface area (TPSA) is 88.7 Å². The van der Waals surface area contributed by atoms with E-state index >= 15 is 0 Å². The average molecular weight is 339 g/mol. The van der Waals surface area contributed by atoms with Gasteiger partial charge in [0.15, 0.2) is 0 Å². The zero-order valence-corrected chi connectivity index (χ0v) is 14.4. The summed E-state index contributed by atoms with van der Waals surface area (Å²) in [6, 6.07) is 8.54. The number of imidazole rings is 1. The van der Waals surface area contributed by atoms with E-state index in [1.807, 2.05) is 12.3 Å². The van der Waals surface area contributed by atoms with Crippen LogP contribution in [0.1, 0.15) is 24.0 Å². The number of fused-ring (bicyclic) bond motifs is 1. The van der Waals surface area contributed by atoms with Crippen molar-refractivity contribution in [3.8, 4) is 0 Å². The molecular formula is C18H25N7. The van der Waals surface area contributed by atoms with Crippen molar-refractivity contribution in [1.82, 2.24) is 19.4 Å². The Kier molecular flexibility index (Phi) is 4.42. The van der Waals surface area contributed by atoms with Gasteiger partial charge < -0.3 is 21.3 Å². The van der Waals surface area contributed by atoms with E-state index in [0.29, 0.717) is 6.54 Å². The molecule has 1 aromatic heterocycles. The molecule has 1 aromatic carbocycles. The van der Waals surface area contributed by atoms with Crippen LogP contribution >= 0.6 is 0 Å². The first-order valence-corrected chi connectivity index (χ1v) is 8.87. The quantitative estimate of drug-likeness (QED) is 0.878. The molecule has 2 aromatic rings. The van der Waals surface area contributed by atoms with Gasteiger partial charge in [0.2, 0.25) is 11.9 Å². The molecular weight excluding hydrogens is 314 g/mol. The van der Waals surface area contributed by atoms with Crippen LogP contribution in [0, 0.1) is 0 Å². The van der Waals surface area contributed by atoms with Crippen LogP contribution in [0.5, 0.6) is 0 Å². The summed E-state index contributed by atoms with van der Waals surface area (Å²) in [4.78, 5) is 13.8. The molecule has 0 saturated carbocycles. The highest BCUT2D eigenvalue weighted by Gasteiger charge is 2.28. The van der Waals surface area contributed by atoms with Crippen molar-refractivity contribution >= 4 is 11.9 Å². The predicted molar refractivity (Wildman–Crippen MR) is 98.0 cm³/mol. The Morgan fingerprint density at radius 3 is 2.84 bits per heavy atom. The van der Waals surface area contributed by atoms with Gasteiger partial charge in [0.25, 0.3) is 0 Å². The maximum atomic E-state index is 6.20. The summed E-state index contributed by atoms with van der Waals surface area (Å²) in [5.74, 6) is 1.73. The number of piperidine rings is 1. The summed E-state index contributed by atoms with van der Waals surface area (Å²) < 4.78 is 2.07. The van der Waals surface area contributed by atoms with Crippen LogP contribution in [0.25, 0.3) is 0 Å². The molecule has 7 heteroatoms. The van der Waals surface area contributed by atoms with Crippen molar-refractivity contribution in [3.63, 3.8) is 0 Å². The van der Waals surface area contributed by atoms with Crippen LogP contribution in [0.2, 0.25) is 0 Å². The van der Waals surface area contributed by atoms with Crippen molar-refractivity contribution in [2.24, 2.45) is 16.5 Å². The second-order valence-electron chi connectivity index (χ2n) is 6.77. The molecule has 7 nitrogen and oxygen atoms in total. The van der Waals surface area contributed by atoms with Gasteiger partial charge in [0, 0.05) is 44.6 Å². The van der Waals surface area contributed by atoms with Crippen molar-refractivity contribution in [1.29, 1.82) is 0 Å². The molecule has 3 heterocycles. The standard InChI is InChI=1S/C18H25N7/c19-10-14-4-1-2-5-15(14)11-25-13-24-9-7-21-17(24)22-18(25)23-8-3-6-16(20)12-23/h1-2,4-5,7,9,16H,3,6,8,10-13,19-20H2. The van der Waals surface area contributed by atoms with Crippen LogP contribution in [0.3, 0.4) is 0 Å². The second kappa shape index (κ2) is 6.85. The number of benzene rings is 1. The third kappa shape index (κ3) is 3.25. The molecule has 4 N–H and O–H groups in total. The molecule has 25 heavy (non-hydrogen) atoms. The number of likely N-dealkylation sites (tertiary alicyclic amines) is 1. The first kappa shape index (κ1) is 16.1. The molecule has 2 aliphatic rings. The molecule has 0 spiro atoms. The third-order valence-electron chi connectivity index (χ3n) is 4.94. The number of aliphatic imine (C=N–C) groups is 1. The zero-order chi connectivity index (χ0) is 17.2. The predicted octanol–water partition coefficient (Wildman–Crippen LogP) is 1.23. The maximum Gasteiger partial charge on any atom is 0.234 e. The van der Waals surface area contributed by atoms with E-state index in [0.717, 1.165) is 51.1 Å². The number of rotatable bonds is 3. The third-order valence-corrected chi connectivity index (χ3v) is 4.94. The molecule has 0 bridgehead atoms. The number of aromatic nitrogens is 2. The number of nitrogens with two attached hydrogens (primary N) is 2. The summed E-state index contributed by atoms with van der Waals surface area (Å²) >= 11 is 0. The molecule has 132 valence electrons. The molecule has 1 atom stereocenters. The smallest absolute Gasteiger partial charge is 0.234 e. The lowest BCUT2D eigenvalue weighted by Crippen LogP contribution is -2.52. The van der Waals surface area contributed by atoms with E-state index in [-0.39, 0.29) is 6.04 Å². The summed E-state index contributed by atoms with van der Waals surface area (Å²) in [6.07, 6.45) is 5.95. The molecule has 0 radical (unpaired) electrons. The van der Waals surface area contributed by atoms with Crippen molar-refractivity contribution in [2.75, 3.05) is 13.1 Å². The fourth-order valence-electron chi connectivity index (χ4n) is 3.63. The van der Waals surface area contributed by atoms with Gasteiger partial charge in [0.05, 0.1) is 0 Å². The largest absolute Gasteiger partial charge is 0.341 e. The molecule has 1 saturated heterocycles. The van der Waals surface area contributed by atoms with Crippen LogP contribution in [-0.4, -0.2) is 44.4 Å². The Labute approximate surface area is 147 Å². The van der Waals surface area contributed by atoms with Gasteiger partial charge >= 0.3 is 0 Å². The minimum atomic E-state index is 0.205.